The molecule has 2 N–H and O–H groups in total. The van der Waals surface area contributed by atoms with E-state index in [0.29, 0.717) is 19.5 Å². The summed E-state index contributed by atoms with van der Waals surface area (Å²) < 4.78 is 5.57. The predicted octanol–water partition coefficient (Wildman–Crippen LogP) is 3.28. The summed E-state index contributed by atoms with van der Waals surface area (Å²) in [6.07, 6.45) is 1.59. The highest BCUT2D eigenvalue weighted by atomic mass is 16.3. The second-order valence-electron chi connectivity index (χ2n) is 6.80. The highest BCUT2D eigenvalue weighted by Gasteiger charge is 2.21. The lowest BCUT2D eigenvalue weighted by Crippen LogP contribution is -2.36. The zero-order valence-corrected chi connectivity index (χ0v) is 16.3. The first-order valence-electron chi connectivity index (χ1n) is 9.54. The number of hydrogen-bond donors (Lipinski definition) is 2. The van der Waals surface area contributed by atoms with Crippen molar-refractivity contribution in [1.29, 1.82) is 0 Å². The fourth-order valence-corrected chi connectivity index (χ4v) is 3.25. The number of aryl methyl sites for hydroxylation is 2. The van der Waals surface area contributed by atoms with Gasteiger partial charge < -0.3 is 20.0 Å². The van der Waals surface area contributed by atoms with E-state index in [4.69, 9.17) is 4.42 Å². The summed E-state index contributed by atoms with van der Waals surface area (Å²) in [4.78, 5) is 18.4. The Kier molecular flexibility index (Phi) is 6.16. The van der Waals surface area contributed by atoms with Crippen LogP contribution in [0, 0.1) is 13.8 Å². The summed E-state index contributed by atoms with van der Waals surface area (Å²) in [6.45, 7) is 8.84. The Morgan fingerprint density at radius 1 is 1.22 bits per heavy atom. The molecule has 0 radical (unpaired) electrons. The zero-order valence-electron chi connectivity index (χ0n) is 16.3. The number of guanidine groups is 1. The molecule has 1 aromatic heterocycles. The first kappa shape index (κ1) is 19.0. The molecule has 0 bridgehead atoms. The summed E-state index contributed by atoms with van der Waals surface area (Å²) in [5.41, 5.74) is 3.22. The van der Waals surface area contributed by atoms with Crippen molar-refractivity contribution in [2.24, 2.45) is 4.99 Å². The quantitative estimate of drug-likeness (QED) is 0.606. The van der Waals surface area contributed by atoms with Crippen LogP contribution in [0.3, 0.4) is 0 Å². The van der Waals surface area contributed by atoms with Crippen LogP contribution in [0.15, 0.2) is 39.7 Å². The molecule has 2 heterocycles. The van der Waals surface area contributed by atoms with E-state index < -0.39 is 0 Å². The molecule has 2 aromatic rings. The van der Waals surface area contributed by atoms with Gasteiger partial charge in [-0.1, -0.05) is 12.1 Å². The standard InChI is InChI=1S/C21H28N4O2/c1-4-22-21(24-14-18-12-15(2)27-16(18)3)23-13-17-7-9-19(10-8-17)25-11-5-6-20(25)26/h7-10,12H,4-6,11,13-14H2,1-3H3,(H2,22,23,24). The normalized spacial score (nSPS) is 14.7. The predicted molar refractivity (Wildman–Crippen MR) is 108 cm³/mol. The molecule has 0 saturated carbocycles. The number of aliphatic imine (C=N–C) groups is 1. The summed E-state index contributed by atoms with van der Waals surface area (Å²) in [5.74, 6) is 2.84. The number of anilines is 1. The van der Waals surface area contributed by atoms with Gasteiger partial charge in [0.2, 0.25) is 5.91 Å². The molecule has 0 spiro atoms. The van der Waals surface area contributed by atoms with Crippen molar-refractivity contribution in [3.8, 4) is 0 Å². The molecule has 6 heteroatoms. The van der Waals surface area contributed by atoms with Crippen LogP contribution in [0.4, 0.5) is 5.69 Å². The SMILES string of the molecule is CCNC(=NCc1ccc(N2CCCC2=O)cc1)NCc1cc(C)oc1C. The van der Waals surface area contributed by atoms with E-state index in [1.54, 1.807) is 0 Å². The van der Waals surface area contributed by atoms with Crippen LogP contribution >= 0.6 is 0 Å². The van der Waals surface area contributed by atoms with Crippen molar-refractivity contribution < 1.29 is 9.21 Å². The number of amides is 1. The number of carbonyl (C=O) groups is 1. The van der Waals surface area contributed by atoms with Gasteiger partial charge in [-0.05, 0) is 51.0 Å². The molecule has 1 aromatic carbocycles. The van der Waals surface area contributed by atoms with Gasteiger partial charge in [-0.2, -0.15) is 0 Å². The van der Waals surface area contributed by atoms with Crippen LogP contribution in [0.2, 0.25) is 0 Å². The highest BCUT2D eigenvalue weighted by Crippen LogP contribution is 2.21. The maximum absolute atomic E-state index is 11.8. The third-order valence-electron chi connectivity index (χ3n) is 4.68. The third kappa shape index (κ3) is 4.90. The Morgan fingerprint density at radius 2 is 2.00 bits per heavy atom. The topological polar surface area (TPSA) is 69.9 Å². The van der Waals surface area contributed by atoms with E-state index in [9.17, 15) is 4.79 Å². The van der Waals surface area contributed by atoms with E-state index in [0.717, 1.165) is 53.8 Å². The van der Waals surface area contributed by atoms with Crippen molar-refractivity contribution in [2.75, 3.05) is 18.0 Å². The zero-order chi connectivity index (χ0) is 19.2. The Bertz CT molecular complexity index is 808. The first-order chi connectivity index (χ1) is 13.1. The molecule has 1 aliphatic heterocycles. The molecule has 1 saturated heterocycles. The Morgan fingerprint density at radius 3 is 2.59 bits per heavy atom. The number of carbonyl (C=O) groups excluding carboxylic acids is 1. The van der Waals surface area contributed by atoms with Crippen molar-refractivity contribution in [3.05, 3.63) is 53.0 Å². The molecule has 0 unspecified atom stereocenters. The van der Waals surface area contributed by atoms with Gasteiger partial charge in [-0.3, -0.25) is 4.79 Å². The molecule has 6 nitrogen and oxygen atoms in total. The van der Waals surface area contributed by atoms with E-state index in [2.05, 4.69) is 15.6 Å². The van der Waals surface area contributed by atoms with Crippen LogP contribution in [0.5, 0.6) is 0 Å². The van der Waals surface area contributed by atoms with Crippen LogP contribution in [-0.4, -0.2) is 25.0 Å². The second-order valence-corrected chi connectivity index (χ2v) is 6.80. The van der Waals surface area contributed by atoms with Crippen molar-refractivity contribution in [1.82, 2.24) is 10.6 Å². The van der Waals surface area contributed by atoms with E-state index >= 15 is 0 Å². The lowest BCUT2D eigenvalue weighted by atomic mass is 10.2. The smallest absolute Gasteiger partial charge is 0.227 e. The van der Waals surface area contributed by atoms with Gasteiger partial charge in [0, 0.05) is 37.3 Å². The molecule has 1 aliphatic rings. The van der Waals surface area contributed by atoms with Crippen molar-refractivity contribution >= 4 is 17.6 Å². The van der Waals surface area contributed by atoms with Crippen LogP contribution < -0.4 is 15.5 Å². The fourth-order valence-electron chi connectivity index (χ4n) is 3.25. The van der Waals surface area contributed by atoms with Gasteiger partial charge in [0.25, 0.3) is 0 Å². The minimum Gasteiger partial charge on any atom is -0.466 e. The van der Waals surface area contributed by atoms with E-state index in [1.807, 2.05) is 56.0 Å². The summed E-state index contributed by atoms with van der Waals surface area (Å²) in [7, 11) is 0. The number of hydrogen-bond acceptors (Lipinski definition) is 3. The van der Waals surface area contributed by atoms with Crippen molar-refractivity contribution in [3.63, 3.8) is 0 Å². The molecule has 27 heavy (non-hydrogen) atoms. The van der Waals surface area contributed by atoms with Gasteiger partial charge in [0.1, 0.15) is 11.5 Å². The lowest BCUT2D eigenvalue weighted by Gasteiger charge is -2.16. The van der Waals surface area contributed by atoms with Gasteiger partial charge >= 0.3 is 0 Å². The average Bonchev–Trinajstić information content (AvgIpc) is 3.22. The first-order valence-corrected chi connectivity index (χ1v) is 9.54. The number of nitrogens with one attached hydrogen (secondary N) is 2. The van der Waals surface area contributed by atoms with E-state index in [-0.39, 0.29) is 5.91 Å². The third-order valence-corrected chi connectivity index (χ3v) is 4.68. The number of nitrogens with zero attached hydrogens (tertiary/aromatic N) is 2. The molecule has 1 fully saturated rings. The summed E-state index contributed by atoms with van der Waals surface area (Å²) in [5, 5.41) is 6.62. The second kappa shape index (κ2) is 8.75. The Hall–Kier alpha value is -2.76. The number of furan rings is 1. The van der Waals surface area contributed by atoms with Crippen LogP contribution in [0.25, 0.3) is 0 Å². The van der Waals surface area contributed by atoms with Gasteiger partial charge in [0.15, 0.2) is 5.96 Å². The monoisotopic (exact) mass is 368 g/mol. The van der Waals surface area contributed by atoms with Gasteiger partial charge in [-0.25, -0.2) is 4.99 Å². The summed E-state index contributed by atoms with van der Waals surface area (Å²) in [6, 6.07) is 10.1. The number of rotatable bonds is 6. The maximum Gasteiger partial charge on any atom is 0.227 e. The number of benzene rings is 1. The molecular formula is C21H28N4O2. The van der Waals surface area contributed by atoms with Gasteiger partial charge in [-0.15, -0.1) is 0 Å². The lowest BCUT2D eigenvalue weighted by molar-refractivity contribution is -0.117. The Labute approximate surface area is 160 Å². The minimum absolute atomic E-state index is 0.212. The molecule has 144 valence electrons. The molecule has 0 aliphatic carbocycles. The van der Waals surface area contributed by atoms with Crippen LogP contribution in [0.1, 0.15) is 42.4 Å². The van der Waals surface area contributed by atoms with E-state index in [1.165, 1.54) is 0 Å². The molecular weight excluding hydrogens is 340 g/mol. The molecule has 0 atom stereocenters. The average molecular weight is 368 g/mol. The van der Waals surface area contributed by atoms with Crippen molar-refractivity contribution in [2.45, 2.75) is 46.7 Å². The largest absolute Gasteiger partial charge is 0.466 e. The van der Waals surface area contributed by atoms with Crippen LogP contribution in [-0.2, 0) is 17.9 Å². The fraction of sp³-hybridized carbons (Fsp3) is 0.429. The molecule has 1 amide bonds. The highest BCUT2D eigenvalue weighted by molar-refractivity contribution is 5.95. The summed E-state index contributed by atoms with van der Waals surface area (Å²) >= 11 is 0. The molecule has 3 rings (SSSR count). The maximum atomic E-state index is 11.8. The van der Waals surface area contributed by atoms with Gasteiger partial charge in [0.05, 0.1) is 6.54 Å². The minimum atomic E-state index is 0.212. The Balaban J connectivity index is 1.60.